The molecule has 1 N–H and O–H groups in total. The Morgan fingerprint density at radius 1 is 1.28 bits per heavy atom. The molecule has 0 saturated carbocycles. The minimum atomic E-state index is -0.00329. The molecule has 4 nitrogen and oxygen atoms in total. The third-order valence-electron chi connectivity index (χ3n) is 3.38. The van der Waals surface area contributed by atoms with Gasteiger partial charge in [0.15, 0.2) is 11.5 Å². The molecule has 0 spiro atoms. The summed E-state index contributed by atoms with van der Waals surface area (Å²) >= 11 is 0. The molecule has 1 atom stereocenters. The number of rotatable bonds is 4. The van der Waals surface area contributed by atoms with Gasteiger partial charge in [-0.2, -0.15) is 0 Å². The van der Waals surface area contributed by atoms with Crippen LogP contribution in [0.4, 0.5) is 0 Å². The Bertz CT molecular complexity index is 458. The summed E-state index contributed by atoms with van der Waals surface area (Å²) in [5, 5.41) is 2.89. The van der Waals surface area contributed by atoms with Gasteiger partial charge >= 0.3 is 0 Å². The van der Waals surface area contributed by atoms with Crippen LogP contribution in [0.1, 0.15) is 18.9 Å². The predicted octanol–water partition coefficient (Wildman–Crippen LogP) is 1.77. The van der Waals surface area contributed by atoms with Crippen molar-refractivity contribution in [1.82, 2.24) is 5.32 Å². The average molecular weight is 249 g/mol. The van der Waals surface area contributed by atoms with E-state index < -0.39 is 0 Å². The number of ether oxygens (including phenoxy) is 2. The molecular formula is C14H19NO3. The summed E-state index contributed by atoms with van der Waals surface area (Å²) in [6.07, 6.45) is 1.44. The molecule has 1 aromatic rings. The molecular weight excluding hydrogens is 230 g/mol. The summed E-state index contributed by atoms with van der Waals surface area (Å²) in [5.74, 6) is 1.60. The molecule has 0 aromatic heterocycles. The second-order valence-electron chi connectivity index (χ2n) is 5.13. The highest BCUT2D eigenvalue weighted by molar-refractivity contribution is 5.79. The summed E-state index contributed by atoms with van der Waals surface area (Å²) in [5.41, 5.74) is 1.16. The van der Waals surface area contributed by atoms with Crippen LogP contribution in [0.3, 0.4) is 0 Å². The Morgan fingerprint density at radius 2 is 2.00 bits per heavy atom. The highest BCUT2D eigenvalue weighted by Gasteiger charge is 2.33. The van der Waals surface area contributed by atoms with Gasteiger partial charge in [-0.25, -0.2) is 0 Å². The minimum absolute atomic E-state index is 0.00329. The van der Waals surface area contributed by atoms with E-state index in [4.69, 9.17) is 9.47 Å². The van der Waals surface area contributed by atoms with Gasteiger partial charge in [-0.3, -0.25) is 4.79 Å². The number of benzene rings is 1. The SMILES string of the molecule is COc1ccc(CC2(C)CNC(=O)C2)cc1OC. The van der Waals surface area contributed by atoms with Crippen LogP contribution >= 0.6 is 0 Å². The Morgan fingerprint density at radius 3 is 2.56 bits per heavy atom. The molecule has 98 valence electrons. The monoisotopic (exact) mass is 249 g/mol. The zero-order valence-electron chi connectivity index (χ0n) is 11.1. The maximum absolute atomic E-state index is 11.3. The van der Waals surface area contributed by atoms with Crippen molar-refractivity contribution >= 4 is 5.91 Å². The van der Waals surface area contributed by atoms with E-state index in [1.54, 1.807) is 14.2 Å². The lowest BCUT2D eigenvalue weighted by Gasteiger charge is -2.21. The fourth-order valence-electron chi connectivity index (χ4n) is 2.43. The molecule has 2 rings (SSSR count). The molecule has 1 aliphatic rings. The van der Waals surface area contributed by atoms with Crippen LogP contribution in [-0.2, 0) is 11.2 Å². The topological polar surface area (TPSA) is 47.6 Å². The van der Waals surface area contributed by atoms with Crippen LogP contribution in [0.15, 0.2) is 18.2 Å². The van der Waals surface area contributed by atoms with E-state index in [0.29, 0.717) is 6.42 Å². The Kier molecular flexibility index (Phi) is 3.45. The molecule has 1 unspecified atom stereocenters. The number of amides is 1. The van der Waals surface area contributed by atoms with Crippen LogP contribution in [0.25, 0.3) is 0 Å². The van der Waals surface area contributed by atoms with Crippen molar-refractivity contribution in [2.75, 3.05) is 20.8 Å². The highest BCUT2D eigenvalue weighted by Crippen LogP contribution is 2.33. The largest absolute Gasteiger partial charge is 0.493 e. The van der Waals surface area contributed by atoms with Gasteiger partial charge in [0.2, 0.25) is 5.91 Å². The van der Waals surface area contributed by atoms with Crippen molar-refractivity contribution in [2.24, 2.45) is 5.41 Å². The van der Waals surface area contributed by atoms with E-state index in [9.17, 15) is 4.79 Å². The lowest BCUT2D eigenvalue weighted by atomic mass is 9.83. The summed E-state index contributed by atoms with van der Waals surface area (Å²) in [7, 11) is 3.25. The van der Waals surface area contributed by atoms with Crippen molar-refractivity contribution in [3.05, 3.63) is 23.8 Å². The van der Waals surface area contributed by atoms with E-state index >= 15 is 0 Å². The van der Waals surface area contributed by atoms with Gasteiger partial charge in [-0.1, -0.05) is 13.0 Å². The van der Waals surface area contributed by atoms with Crippen molar-refractivity contribution in [3.63, 3.8) is 0 Å². The summed E-state index contributed by atoms with van der Waals surface area (Å²) < 4.78 is 10.5. The summed E-state index contributed by atoms with van der Waals surface area (Å²) in [6, 6.07) is 5.91. The first-order chi connectivity index (χ1) is 8.56. The molecule has 1 heterocycles. The van der Waals surface area contributed by atoms with E-state index in [2.05, 4.69) is 12.2 Å². The molecule has 1 aliphatic heterocycles. The van der Waals surface area contributed by atoms with Gasteiger partial charge < -0.3 is 14.8 Å². The molecule has 18 heavy (non-hydrogen) atoms. The normalized spacial score (nSPS) is 22.7. The smallest absolute Gasteiger partial charge is 0.220 e. The third-order valence-corrected chi connectivity index (χ3v) is 3.38. The number of nitrogens with one attached hydrogen (secondary N) is 1. The zero-order chi connectivity index (χ0) is 13.2. The maximum Gasteiger partial charge on any atom is 0.220 e. The Balaban J connectivity index is 2.17. The minimum Gasteiger partial charge on any atom is -0.493 e. The van der Waals surface area contributed by atoms with Crippen LogP contribution in [0.5, 0.6) is 11.5 Å². The molecule has 1 fully saturated rings. The zero-order valence-corrected chi connectivity index (χ0v) is 11.1. The van der Waals surface area contributed by atoms with Crippen molar-refractivity contribution < 1.29 is 14.3 Å². The Labute approximate surface area is 107 Å². The third kappa shape index (κ3) is 2.58. The molecule has 1 saturated heterocycles. The van der Waals surface area contributed by atoms with Gasteiger partial charge in [-0.05, 0) is 29.5 Å². The van der Waals surface area contributed by atoms with Gasteiger partial charge in [0.25, 0.3) is 0 Å². The molecule has 1 amide bonds. The van der Waals surface area contributed by atoms with Crippen LogP contribution in [0, 0.1) is 5.41 Å². The second-order valence-corrected chi connectivity index (χ2v) is 5.13. The van der Waals surface area contributed by atoms with E-state index in [1.165, 1.54) is 0 Å². The van der Waals surface area contributed by atoms with E-state index in [-0.39, 0.29) is 11.3 Å². The highest BCUT2D eigenvalue weighted by atomic mass is 16.5. The predicted molar refractivity (Wildman–Crippen MR) is 69.0 cm³/mol. The van der Waals surface area contributed by atoms with Gasteiger partial charge in [-0.15, -0.1) is 0 Å². The first-order valence-corrected chi connectivity index (χ1v) is 6.04. The summed E-state index contributed by atoms with van der Waals surface area (Å²) in [6.45, 7) is 2.86. The number of hydrogen-bond donors (Lipinski definition) is 1. The maximum atomic E-state index is 11.3. The molecule has 0 aliphatic carbocycles. The first-order valence-electron chi connectivity index (χ1n) is 6.04. The number of carbonyl (C=O) groups excluding carboxylic acids is 1. The van der Waals surface area contributed by atoms with Gasteiger partial charge in [0, 0.05) is 13.0 Å². The van der Waals surface area contributed by atoms with Crippen molar-refractivity contribution in [3.8, 4) is 11.5 Å². The second kappa shape index (κ2) is 4.88. The number of methoxy groups -OCH3 is 2. The fraction of sp³-hybridized carbons (Fsp3) is 0.500. The number of hydrogen-bond acceptors (Lipinski definition) is 3. The van der Waals surface area contributed by atoms with Crippen LogP contribution in [-0.4, -0.2) is 26.7 Å². The van der Waals surface area contributed by atoms with Crippen LogP contribution < -0.4 is 14.8 Å². The van der Waals surface area contributed by atoms with E-state index in [1.807, 2.05) is 18.2 Å². The lowest BCUT2D eigenvalue weighted by molar-refractivity contribution is -0.119. The van der Waals surface area contributed by atoms with Gasteiger partial charge in [0.1, 0.15) is 0 Å². The Hall–Kier alpha value is -1.71. The average Bonchev–Trinajstić information content (AvgIpc) is 2.68. The molecule has 0 radical (unpaired) electrons. The van der Waals surface area contributed by atoms with Crippen LogP contribution in [0.2, 0.25) is 0 Å². The van der Waals surface area contributed by atoms with Crippen molar-refractivity contribution in [2.45, 2.75) is 19.8 Å². The van der Waals surface area contributed by atoms with Gasteiger partial charge in [0.05, 0.1) is 14.2 Å². The molecule has 0 bridgehead atoms. The quantitative estimate of drug-likeness (QED) is 0.884. The lowest BCUT2D eigenvalue weighted by Crippen LogP contribution is -2.22. The molecule has 4 heteroatoms. The van der Waals surface area contributed by atoms with E-state index in [0.717, 1.165) is 30.0 Å². The standard InChI is InChI=1S/C14H19NO3/c1-14(8-13(16)15-9-14)7-10-4-5-11(17-2)12(6-10)18-3/h4-6H,7-9H2,1-3H3,(H,15,16). The number of carbonyl (C=O) groups is 1. The fourth-order valence-corrected chi connectivity index (χ4v) is 2.43. The summed E-state index contributed by atoms with van der Waals surface area (Å²) in [4.78, 5) is 11.3. The first kappa shape index (κ1) is 12.7. The molecule has 1 aromatic carbocycles. The van der Waals surface area contributed by atoms with Crippen molar-refractivity contribution in [1.29, 1.82) is 0 Å².